The first-order chi connectivity index (χ1) is 16.4. The molecule has 2 fully saturated rings. The molecule has 0 unspecified atom stereocenters. The van der Waals surface area contributed by atoms with Crippen molar-refractivity contribution in [3.8, 4) is 0 Å². The lowest BCUT2D eigenvalue weighted by molar-refractivity contribution is -0.115. The normalized spacial score (nSPS) is 17.2. The van der Waals surface area contributed by atoms with E-state index >= 15 is 0 Å². The number of carbonyl (C=O) groups is 3. The van der Waals surface area contributed by atoms with Crippen molar-refractivity contribution in [2.45, 2.75) is 0 Å². The van der Waals surface area contributed by atoms with E-state index in [0.717, 1.165) is 17.4 Å². The first-order valence-electron chi connectivity index (χ1n) is 10.7. The number of nitrogens with one attached hydrogen (secondary N) is 2. The monoisotopic (exact) mass is 483 g/mol. The van der Waals surface area contributed by atoms with Crippen molar-refractivity contribution >= 4 is 52.5 Å². The summed E-state index contributed by atoms with van der Waals surface area (Å²) in [5.74, 6) is 0.565. The van der Waals surface area contributed by atoms with E-state index in [2.05, 4.69) is 20.6 Å². The molecular weight excluding hydrogens is 458 g/mol. The summed E-state index contributed by atoms with van der Waals surface area (Å²) in [6.45, 7) is 2.35. The second kappa shape index (κ2) is 10.5. The molecule has 2 aromatic rings. The molecule has 0 radical (unpaired) electrons. The van der Waals surface area contributed by atoms with Crippen molar-refractivity contribution in [1.82, 2.24) is 20.2 Å². The highest BCUT2D eigenvalue weighted by Crippen LogP contribution is 2.27. The lowest BCUT2D eigenvalue weighted by Crippen LogP contribution is -2.50. The highest BCUT2D eigenvalue weighted by Gasteiger charge is 2.27. The maximum atomic E-state index is 12.6. The quantitative estimate of drug-likeness (QED) is 0.524. The molecule has 1 aromatic carbocycles. The molecule has 3 heterocycles. The maximum Gasteiger partial charge on any atom is 0.321 e. The van der Waals surface area contributed by atoms with Crippen molar-refractivity contribution in [2.24, 2.45) is 0 Å². The minimum absolute atomic E-state index is 0.0474. The average molecular weight is 484 g/mol. The Labute approximate surface area is 200 Å². The van der Waals surface area contributed by atoms with Crippen LogP contribution in [0.25, 0.3) is 6.08 Å². The van der Waals surface area contributed by atoms with Gasteiger partial charge in [0.25, 0.3) is 11.1 Å². The number of para-hydroxylation sites is 1. The Morgan fingerprint density at radius 3 is 2.59 bits per heavy atom. The standard InChI is InChI=1S/C22H25N7O4S/c1-27(11-12-30)18-14-16(13-17-19(31)26-22(33)34-17)23-20(25-18)28-7-9-29(10-8-28)21(32)24-15-5-3-2-4-6-15/h2-6,13-14,30H,7-12H2,1H3,(H,24,32)(H,26,31,33)/b17-13+. The summed E-state index contributed by atoms with van der Waals surface area (Å²) in [6.07, 6.45) is 1.55. The molecule has 2 saturated heterocycles. The molecule has 0 aliphatic carbocycles. The Bertz CT molecular complexity index is 1100. The van der Waals surface area contributed by atoms with Gasteiger partial charge in [-0.3, -0.25) is 14.9 Å². The molecule has 2 aliphatic heterocycles. The third-order valence-corrected chi connectivity index (χ3v) is 6.15. The summed E-state index contributed by atoms with van der Waals surface area (Å²) >= 11 is 0.821. The van der Waals surface area contributed by atoms with Crippen molar-refractivity contribution in [1.29, 1.82) is 0 Å². The molecule has 11 nitrogen and oxygen atoms in total. The predicted molar refractivity (Wildman–Crippen MR) is 131 cm³/mol. The van der Waals surface area contributed by atoms with Gasteiger partial charge in [0, 0.05) is 51.5 Å². The lowest BCUT2D eigenvalue weighted by atomic mass is 10.3. The van der Waals surface area contributed by atoms with Crippen molar-refractivity contribution in [3.05, 3.63) is 47.0 Å². The first-order valence-corrected chi connectivity index (χ1v) is 11.6. The number of aromatic nitrogens is 2. The Hall–Kier alpha value is -3.64. The fourth-order valence-electron chi connectivity index (χ4n) is 3.50. The fourth-order valence-corrected chi connectivity index (χ4v) is 4.17. The molecule has 0 saturated carbocycles. The molecular formula is C22H25N7O4S. The molecule has 3 N–H and O–H groups in total. The third-order valence-electron chi connectivity index (χ3n) is 5.34. The summed E-state index contributed by atoms with van der Waals surface area (Å²) in [5.41, 5.74) is 1.21. The van der Waals surface area contributed by atoms with Gasteiger partial charge < -0.3 is 25.1 Å². The molecule has 12 heteroatoms. The van der Waals surface area contributed by atoms with Gasteiger partial charge in [0.1, 0.15) is 5.82 Å². The second-order valence-corrected chi connectivity index (χ2v) is 8.73. The van der Waals surface area contributed by atoms with Crippen LogP contribution in [0.3, 0.4) is 0 Å². The van der Waals surface area contributed by atoms with Crippen LogP contribution in [-0.2, 0) is 4.79 Å². The van der Waals surface area contributed by atoms with Crippen molar-refractivity contribution < 1.29 is 19.5 Å². The van der Waals surface area contributed by atoms with Crippen LogP contribution in [0.5, 0.6) is 0 Å². The minimum atomic E-state index is -0.460. The number of amides is 4. The number of nitrogens with zero attached hydrogens (tertiary/aromatic N) is 5. The smallest absolute Gasteiger partial charge is 0.321 e. The SMILES string of the molecule is CN(CCO)c1cc(/C=C2/SC(=O)NC2=O)nc(N2CCN(C(=O)Nc3ccccc3)CC2)n1. The van der Waals surface area contributed by atoms with Gasteiger partial charge in [-0.1, -0.05) is 18.2 Å². The molecule has 34 heavy (non-hydrogen) atoms. The van der Waals surface area contributed by atoms with E-state index in [0.29, 0.717) is 50.2 Å². The van der Waals surface area contributed by atoms with Crippen LogP contribution in [-0.4, -0.2) is 83.5 Å². The Morgan fingerprint density at radius 1 is 1.21 bits per heavy atom. The number of aliphatic hydroxyl groups excluding tert-OH is 1. The van der Waals surface area contributed by atoms with Crippen LogP contribution in [0.1, 0.15) is 5.69 Å². The first kappa shape index (κ1) is 23.5. The Morgan fingerprint density at radius 2 is 1.94 bits per heavy atom. The van der Waals surface area contributed by atoms with Crippen LogP contribution in [0.2, 0.25) is 0 Å². The fraction of sp³-hybridized carbons (Fsp3) is 0.318. The topological polar surface area (TPSA) is 131 Å². The zero-order chi connectivity index (χ0) is 24.1. The van der Waals surface area contributed by atoms with Crippen LogP contribution >= 0.6 is 11.8 Å². The van der Waals surface area contributed by atoms with E-state index in [-0.39, 0.29) is 17.5 Å². The Kier molecular flexibility index (Phi) is 7.28. The highest BCUT2D eigenvalue weighted by atomic mass is 32.2. The number of piperazine rings is 1. The number of hydrogen-bond acceptors (Lipinski definition) is 9. The van der Waals surface area contributed by atoms with Gasteiger partial charge in [-0.05, 0) is 30.0 Å². The predicted octanol–water partition coefficient (Wildman–Crippen LogP) is 1.58. The summed E-state index contributed by atoms with van der Waals surface area (Å²) in [4.78, 5) is 51.0. The van der Waals surface area contributed by atoms with Crippen LogP contribution in [0.4, 0.5) is 27.0 Å². The molecule has 4 amide bonds. The van der Waals surface area contributed by atoms with Crippen molar-refractivity contribution in [3.63, 3.8) is 0 Å². The van der Waals surface area contributed by atoms with Gasteiger partial charge in [-0.15, -0.1) is 0 Å². The second-order valence-electron chi connectivity index (χ2n) is 7.72. The number of imide groups is 1. The summed E-state index contributed by atoms with van der Waals surface area (Å²) in [5, 5.41) is 14.0. The van der Waals surface area contributed by atoms with E-state index < -0.39 is 11.1 Å². The van der Waals surface area contributed by atoms with E-state index in [1.165, 1.54) is 0 Å². The summed E-state index contributed by atoms with van der Waals surface area (Å²) in [7, 11) is 1.80. The summed E-state index contributed by atoms with van der Waals surface area (Å²) < 4.78 is 0. The third kappa shape index (κ3) is 5.64. The van der Waals surface area contributed by atoms with E-state index in [9.17, 15) is 19.5 Å². The average Bonchev–Trinajstić information content (AvgIpc) is 3.16. The molecule has 2 aliphatic rings. The molecule has 1 aromatic heterocycles. The van der Waals surface area contributed by atoms with Gasteiger partial charge in [0.15, 0.2) is 0 Å². The molecule has 4 rings (SSSR count). The van der Waals surface area contributed by atoms with Gasteiger partial charge in [-0.2, -0.15) is 4.98 Å². The van der Waals surface area contributed by atoms with E-state index in [1.807, 2.05) is 35.2 Å². The number of hydrogen-bond donors (Lipinski definition) is 3. The van der Waals surface area contributed by atoms with Crippen molar-refractivity contribution in [2.75, 3.05) is 61.5 Å². The number of urea groups is 1. The molecule has 0 bridgehead atoms. The van der Waals surface area contributed by atoms with Gasteiger partial charge in [0.05, 0.1) is 17.2 Å². The number of rotatable bonds is 6. The van der Waals surface area contributed by atoms with Gasteiger partial charge in [0.2, 0.25) is 5.95 Å². The number of thioether (sulfide) groups is 1. The lowest BCUT2D eigenvalue weighted by Gasteiger charge is -2.35. The zero-order valence-electron chi connectivity index (χ0n) is 18.6. The van der Waals surface area contributed by atoms with Crippen LogP contribution in [0, 0.1) is 0 Å². The zero-order valence-corrected chi connectivity index (χ0v) is 19.4. The molecule has 0 atom stereocenters. The number of carbonyl (C=O) groups excluding carboxylic acids is 3. The number of likely N-dealkylation sites (N-methyl/N-ethyl adjacent to an activating group) is 1. The van der Waals surface area contributed by atoms with Gasteiger partial charge in [-0.25, -0.2) is 9.78 Å². The van der Waals surface area contributed by atoms with E-state index in [4.69, 9.17) is 0 Å². The largest absolute Gasteiger partial charge is 0.395 e. The van der Waals surface area contributed by atoms with Gasteiger partial charge >= 0.3 is 6.03 Å². The molecule has 178 valence electrons. The minimum Gasteiger partial charge on any atom is -0.395 e. The molecule has 0 spiro atoms. The van der Waals surface area contributed by atoms with Crippen LogP contribution in [0.15, 0.2) is 41.3 Å². The van der Waals surface area contributed by atoms with E-state index in [1.54, 1.807) is 29.0 Å². The number of benzene rings is 1. The number of aliphatic hydroxyl groups is 1. The summed E-state index contributed by atoms with van der Waals surface area (Å²) in [6, 6.07) is 10.8. The highest BCUT2D eigenvalue weighted by molar-refractivity contribution is 8.18. The Balaban J connectivity index is 1.50. The van der Waals surface area contributed by atoms with Crippen LogP contribution < -0.4 is 20.4 Å². The number of anilines is 3. The maximum absolute atomic E-state index is 12.6.